The Balaban J connectivity index is 1.88. The van der Waals surface area contributed by atoms with E-state index in [2.05, 4.69) is 5.32 Å². The molecule has 1 heterocycles. The van der Waals surface area contributed by atoms with Crippen molar-refractivity contribution in [1.82, 2.24) is 4.31 Å². The van der Waals surface area contributed by atoms with Crippen LogP contribution >= 0.6 is 11.6 Å². The maximum absolute atomic E-state index is 14.1. The van der Waals surface area contributed by atoms with Crippen LogP contribution in [-0.4, -0.2) is 31.7 Å². The number of carbonyl (C=O) groups excluding carboxylic acids is 1. The lowest BCUT2D eigenvalue weighted by atomic mass is 10.2. The van der Waals surface area contributed by atoms with Gasteiger partial charge in [0.15, 0.2) is 0 Å². The smallest absolute Gasteiger partial charge is 0.258 e. The Bertz CT molecular complexity index is 977. The number of carbonyl (C=O) groups is 1. The highest BCUT2D eigenvalue weighted by Gasteiger charge is 2.27. The predicted octanol–water partition coefficient (Wildman–Crippen LogP) is 4.05. The molecule has 0 saturated carbocycles. The van der Waals surface area contributed by atoms with E-state index in [1.165, 1.54) is 16.4 Å². The summed E-state index contributed by atoms with van der Waals surface area (Å²) in [5, 5.41) is 2.19. The summed E-state index contributed by atoms with van der Waals surface area (Å²) in [6.45, 7) is 0.796. The van der Waals surface area contributed by atoms with E-state index in [0.29, 0.717) is 13.1 Å². The summed E-state index contributed by atoms with van der Waals surface area (Å²) < 4.78 is 54.1. The molecule has 144 valence electrons. The second kappa shape index (κ2) is 7.92. The monoisotopic (exact) mass is 414 g/mol. The molecular weight excluding hydrogens is 398 g/mol. The van der Waals surface area contributed by atoms with Crippen LogP contribution in [0, 0.1) is 11.6 Å². The Kier molecular flexibility index (Phi) is 5.78. The van der Waals surface area contributed by atoms with E-state index in [1.807, 2.05) is 0 Å². The largest absolute Gasteiger partial charge is 0.322 e. The molecule has 9 heteroatoms. The average molecular weight is 415 g/mol. The summed E-state index contributed by atoms with van der Waals surface area (Å²) in [5.41, 5.74) is -0.261. The van der Waals surface area contributed by atoms with Crippen molar-refractivity contribution in [3.63, 3.8) is 0 Å². The second-order valence-electron chi connectivity index (χ2n) is 6.19. The first kappa shape index (κ1) is 19.7. The Hall–Kier alpha value is -2.03. The Labute approximate surface area is 161 Å². The topological polar surface area (TPSA) is 66.5 Å². The van der Waals surface area contributed by atoms with E-state index in [1.54, 1.807) is 0 Å². The van der Waals surface area contributed by atoms with Crippen molar-refractivity contribution in [3.8, 4) is 0 Å². The number of nitrogens with zero attached hydrogens (tertiary/aromatic N) is 1. The van der Waals surface area contributed by atoms with Gasteiger partial charge in [-0.3, -0.25) is 4.79 Å². The van der Waals surface area contributed by atoms with Gasteiger partial charge in [0.2, 0.25) is 10.0 Å². The fraction of sp³-hybridized carbons (Fsp3) is 0.278. The van der Waals surface area contributed by atoms with Crippen molar-refractivity contribution in [2.45, 2.75) is 24.2 Å². The fourth-order valence-corrected chi connectivity index (χ4v) is 4.59. The van der Waals surface area contributed by atoms with Crippen molar-refractivity contribution in [2.24, 2.45) is 0 Å². The van der Waals surface area contributed by atoms with Gasteiger partial charge in [-0.1, -0.05) is 18.0 Å². The van der Waals surface area contributed by atoms with Crippen LogP contribution in [0.4, 0.5) is 14.5 Å². The number of nitrogens with one attached hydrogen (secondary N) is 1. The summed E-state index contributed by atoms with van der Waals surface area (Å²) in [4.78, 5) is 12.2. The molecule has 1 amide bonds. The fourth-order valence-electron chi connectivity index (χ4n) is 2.87. The number of hydrogen-bond acceptors (Lipinski definition) is 3. The van der Waals surface area contributed by atoms with E-state index in [4.69, 9.17) is 11.6 Å². The molecule has 1 aliphatic heterocycles. The van der Waals surface area contributed by atoms with E-state index in [9.17, 15) is 22.0 Å². The van der Waals surface area contributed by atoms with Crippen LogP contribution in [0.15, 0.2) is 41.3 Å². The predicted molar refractivity (Wildman–Crippen MR) is 98.4 cm³/mol. The van der Waals surface area contributed by atoms with Gasteiger partial charge in [-0.15, -0.1) is 0 Å². The lowest BCUT2D eigenvalue weighted by Gasteiger charge is -2.26. The molecule has 2 aromatic carbocycles. The molecule has 2 aromatic rings. The quantitative estimate of drug-likeness (QED) is 0.820. The van der Waals surface area contributed by atoms with Crippen LogP contribution in [0.3, 0.4) is 0 Å². The van der Waals surface area contributed by atoms with E-state index in [-0.39, 0.29) is 15.6 Å². The third-order valence-electron chi connectivity index (χ3n) is 4.31. The lowest BCUT2D eigenvalue weighted by Crippen LogP contribution is -2.35. The van der Waals surface area contributed by atoms with Crippen molar-refractivity contribution >= 4 is 33.2 Å². The first-order chi connectivity index (χ1) is 12.8. The molecule has 3 rings (SSSR count). The van der Waals surface area contributed by atoms with Crippen LogP contribution in [0.5, 0.6) is 0 Å². The molecule has 0 atom stereocenters. The van der Waals surface area contributed by atoms with Gasteiger partial charge in [-0.25, -0.2) is 17.2 Å². The minimum atomic E-state index is -3.80. The first-order valence-electron chi connectivity index (χ1n) is 8.35. The summed E-state index contributed by atoms with van der Waals surface area (Å²) in [6, 6.07) is 6.62. The summed E-state index contributed by atoms with van der Waals surface area (Å²) in [5.74, 6) is -2.38. The molecular formula is C18H17ClF2N2O3S. The van der Waals surface area contributed by atoms with Crippen molar-refractivity contribution in [2.75, 3.05) is 18.4 Å². The number of amides is 1. The van der Waals surface area contributed by atoms with Crippen molar-refractivity contribution in [3.05, 3.63) is 58.6 Å². The zero-order valence-electron chi connectivity index (χ0n) is 14.2. The third-order valence-corrected chi connectivity index (χ3v) is 6.50. The van der Waals surface area contributed by atoms with Crippen molar-refractivity contribution < 1.29 is 22.0 Å². The summed E-state index contributed by atoms with van der Waals surface area (Å²) in [6.07, 6.45) is 2.49. The number of hydrogen-bond donors (Lipinski definition) is 1. The van der Waals surface area contributed by atoms with Crippen LogP contribution in [-0.2, 0) is 10.0 Å². The van der Waals surface area contributed by atoms with Gasteiger partial charge in [0, 0.05) is 18.8 Å². The van der Waals surface area contributed by atoms with Crippen LogP contribution in [0.1, 0.15) is 29.6 Å². The summed E-state index contributed by atoms with van der Waals surface area (Å²) in [7, 11) is -3.80. The highest BCUT2D eigenvalue weighted by Crippen LogP contribution is 2.24. The normalized spacial score (nSPS) is 15.5. The zero-order valence-corrected chi connectivity index (χ0v) is 15.8. The van der Waals surface area contributed by atoms with E-state index < -0.39 is 33.1 Å². The Morgan fingerprint density at radius 2 is 1.67 bits per heavy atom. The van der Waals surface area contributed by atoms with Gasteiger partial charge in [0.25, 0.3) is 5.91 Å². The van der Waals surface area contributed by atoms with Crippen molar-refractivity contribution in [1.29, 1.82) is 0 Å². The molecule has 27 heavy (non-hydrogen) atoms. The SMILES string of the molecule is O=C(Nc1ccc(F)c(Cl)c1)c1cc(S(=O)(=O)N2CCCCC2)ccc1F. The standard InChI is InChI=1S/C18H17ClF2N2O3S/c19-15-10-12(4-6-17(15)21)22-18(24)14-11-13(5-7-16(14)20)27(25,26)23-8-2-1-3-9-23/h4-7,10-11H,1-3,8-9H2,(H,22,24). The molecule has 0 spiro atoms. The van der Waals surface area contributed by atoms with Gasteiger partial charge in [-0.05, 0) is 49.2 Å². The van der Waals surface area contributed by atoms with Gasteiger partial charge in [0.05, 0.1) is 15.5 Å². The van der Waals surface area contributed by atoms with Crippen LogP contribution in [0.2, 0.25) is 5.02 Å². The minimum Gasteiger partial charge on any atom is -0.322 e. The molecule has 1 fully saturated rings. The lowest BCUT2D eigenvalue weighted by molar-refractivity contribution is 0.102. The average Bonchev–Trinajstić information content (AvgIpc) is 2.65. The highest BCUT2D eigenvalue weighted by atomic mass is 35.5. The van der Waals surface area contributed by atoms with Gasteiger partial charge < -0.3 is 5.32 Å². The number of anilines is 1. The molecule has 0 aromatic heterocycles. The Morgan fingerprint density at radius 3 is 2.33 bits per heavy atom. The van der Waals surface area contributed by atoms with Crippen LogP contribution < -0.4 is 5.32 Å². The van der Waals surface area contributed by atoms with Crippen LogP contribution in [0.25, 0.3) is 0 Å². The zero-order chi connectivity index (χ0) is 19.6. The maximum Gasteiger partial charge on any atom is 0.258 e. The van der Waals surface area contributed by atoms with Gasteiger partial charge in [-0.2, -0.15) is 4.31 Å². The van der Waals surface area contributed by atoms with Gasteiger partial charge >= 0.3 is 0 Å². The van der Waals surface area contributed by atoms with Gasteiger partial charge in [0.1, 0.15) is 11.6 Å². The molecule has 0 unspecified atom stereocenters. The molecule has 0 bridgehead atoms. The van der Waals surface area contributed by atoms with E-state index in [0.717, 1.165) is 43.5 Å². The molecule has 1 aliphatic rings. The minimum absolute atomic E-state index is 0.145. The summed E-state index contributed by atoms with van der Waals surface area (Å²) >= 11 is 5.66. The number of piperidine rings is 1. The molecule has 0 aliphatic carbocycles. The van der Waals surface area contributed by atoms with E-state index >= 15 is 0 Å². The first-order valence-corrected chi connectivity index (χ1v) is 10.2. The number of halogens is 3. The molecule has 5 nitrogen and oxygen atoms in total. The number of sulfonamides is 1. The molecule has 1 saturated heterocycles. The molecule has 1 N–H and O–H groups in total. The Morgan fingerprint density at radius 1 is 1.00 bits per heavy atom. The maximum atomic E-state index is 14.1. The highest BCUT2D eigenvalue weighted by molar-refractivity contribution is 7.89. The second-order valence-corrected chi connectivity index (χ2v) is 8.53. The number of benzene rings is 2. The number of rotatable bonds is 4. The third kappa shape index (κ3) is 4.28. The molecule has 0 radical (unpaired) electrons.